The molecule has 0 radical (unpaired) electrons. The molecule has 0 saturated carbocycles. The number of likely N-dealkylation sites (N-methyl/N-ethyl adjacent to an activating group) is 1. The Balaban J connectivity index is 3.03. The summed E-state index contributed by atoms with van der Waals surface area (Å²) in [7, 11) is 3.41. The van der Waals surface area contributed by atoms with Gasteiger partial charge in [0, 0.05) is 19.2 Å². The van der Waals surface area contributed by atoms with Crippen LogP contribution in [0.25, 0.3) is 0 Å². The zero-order valence-corrected chi connectivity index (χ0v) is 12.7. The normalized spacial score (nSPS) is 11.3. The molecule has 1 aromatic carbocycles. The van der Waals surface area contributed by atoms with Crippen molar-refractivity contribution < 1.29 is 9.53 Å². The Kier molecular flexibility index (Phi) is 4.58. The molecule has 106 valence electrons. The second-order valence-corrected chi connectivity index (χ2v) is 5.66. The summed E-state index contributed by atoms with van der Waals surface area (Å²) >= 11 is 0. The van der Waals surface area contributed by atoms with Crippen LogP contribution in [0.3, 0.4) is 0 Å². The summed E-state index contributed by atoms with van der Waals surface area (Å²) in [6.45, 7) is 7.95. The van der Waals surface area contributed by atoms with Crippen LogP contribution < -0.4 is 10.5 Å². The maximum absolute atomic E-state index is 12.1. The number of methoxy groups -OCH3 is 1. The molecule has 0 aliphatic heterocycles. The first kappa shape index (κ1) is 15.5. The molecule has 0 saturated heterocycles. The molecule has 0 heterocycles. The molecule has 1 amide bonds. The predicted molar refractivity (Wildman–Crippen MR) is 77.2 cm³/mol. The molecule has 0 fully saturated rings. The number of hydrogen-bond acceptors (Lipinski definition) is 3. The lowest BCUT2D eigenvalue weighted by molar-refractivity contribution is -0.135. The standard InChI is InChI=1S/C15H24N2O2/c1-10-7-11(2)13(19-6)12(8-10)9-17(5)14(18)15(3,4)16/h7-8H,9,16H2,1-6H3. The minimum Gasteiger partial charge on any atom is -0.496 e. The van der Waals surface area contributed by atoms with Gasteiger partial charge in [0.1, 0.15) is 5.75 Å². The number of hydrogen-bond donors (Lipinski definition) is 1. The van der Waals surface area contributed by atoms with Crippen LogP contribution >= 0.6 is 0 Å². The molecule has 4 heteroatoms. The highest BCUT2D eigenvalue weighted by atomic mass is 16.5. The molecular formula is C15H24N2O2. The quantitative estimate of drug-likeness (QED) is 0.905. The van der Waals surface area contributed by atoms with Gasteiger partial charge in [-0.25, -0.2) is 0 Å². The van der Waals surface area contributed by atoms with Gasteiger partial charge in [-0.1, -0.05) is 17.7 Å². The summed E-state index contributed by atoms with van der Waals surface area (Å²) in [6, 6.07) is 4.11. The van der Waals surface area contributed by atoms with Crippen LogP contribution in [0.5, 0.6) is 5.75 Å². The van der Waals surface area contributed by atoms with Gasteiger partial charge in [-0.2, -0.15) is 0 Å². The number of carbonyl (C=O) groups is 1. The van der Waals surface area contributed by atoms with Crippen LogP contribution in [-0.2, 0) is 11.3 Å². The zero-order valence-electron chi connectivity index (χ0n) is 12.7. The summed E-state index contributed by atoms with van der Waals surface area (Å²) in [5.41, 5.74) is 8.21. The fourth-order valence-electron chi connectivity index (χ4n) is 2.27. The van der Waals surface area contributed by atoms with Crippen LogP contribution in [-0.4, -0.2) is 30.5 Å². The predicted octanol–water partition coefficient (Wildman–Crippen LogP) is 2.01. The highest BCUT2D eigenvalue weighted by Crippen LogP contribution is 2.26. The van der Waals surface area contributed by atoms with Crippen LogP contribution in [0, 0.1) is 13.8 Å². The highest BCUT2D eigenvalue weighted by molar-refractivity contribution is 5.85. The third kappa shape index (κ3) is 3.70. The molecule has 1 rings (SSSR count). The van der Waals surface area contributed by atoms with Crippen LogP contribution in [0.4, 0.5) is 0 Å². The van der Waals surface area contributed by atoms with Crippen LogP contribution in [0.2, 0.25) is 0 Å². The van der Waals surface area contributed by atoms with Crippen molar-refractivity contribution in [3.8, 4) is 5.75 Å². The number of nitrogens with zero attached hydrogens (tertiary/aromatic N) is 1. The average molecular weight is 264 g/mol. The van der Waals surface area contributed by atoms with Crippen LogP contribution in [0.15, 0.2) is 12.1 Å². The Bertz CT molecular complexity index is 476. The highest BCUT2D eigenvalue weighted by Gasteiger charge is 2.26. The van der Waals surface area contributed by atoms with E-state index in [2.05, 4.69) is 6.07 Å². The van der Waals surface area contributed by atoms with Crippen molar-refractivity contribution in [2.24, 2.45) is 5.73 Å². The lowest BCUT2D eigenvalue weighted by atomic mass is 10.0. The molecule has 0 unspecified atom stereocenters. The van der Waals surface area contributed by atoms with E-state index in [0.717, 1.165) is 22.4 Å². The maximum Gasteiger partial charge on any atom is 0.242 e. The second kappa shape index (κ2) is 5.61. The van der Waals surface area contributed by atoms with Gasteiger partial charge >= 0.3 is 0 Å². The van der Waals surface area contributed by atoms with Crippen molar-refractivity contribution in [1.29, 1.82) is 0 Å². The lowest BCUT2D eigenvalue weighted by Crippen LogP contribution is -2.49. The van der Waals surface area contributed by atoms with E-state index in [9.17, 15) is 4.79 Å². The molecule has 4 nitrogen and oxygen atoms in total. The summed E-state index contributed by atoms with van der Waals surface area (Å²) in [5, 5.41) is 0. The van der Waals surface area contributed by atoms with Gasteiger partial charge in [-0.05, 0) is 33.3 Å². The minimum absolute atomic E-state index is 0.0892. The second-order valence-electron chi connectivity index (χ2n) is 5.66. The van der Waals surface area contributed by atoms with Gasteiger partial charge in [0.15, 0.2) is 0 Å². The monoisotopic (exact) mass is 264 g/mol. The third-order valence-corrected chi connectivity index (χ3v) is 3.01. The van der Waals surface area contributed by atoms with E-state index in [1.807, 2.05) is 19.9 Å². The van der Waals surface area contributed by atoms with E-state index in [4.69, 9.17) is 10.5 Å². The molecule has 0 aromatic heterocycles. The molecule has 0 spiro atoms. The number of ether oxygens (including phenoxy) is 1. The number of amides is 1. The molecule has 0 aliphatic carbocycles. The maximum atomic E-state index is 12.1. The Hall–Kier alpha value is -1.55. The third-order valence-electron chi connectivity index (χ3n) is 3.01. The van der Waals surface area contributed by atoms with Crippen molar-refractivity contribution in [3.63, 3.8) is 0 Å². The van der Waals surface area contributed by atoms with Gasteiger partial charge in [0.2, 0.25) is 5.91 Å². The van der Waals surface area contributed by atoms with Crippen molar-refractivity contribution in [3.05, 3.63) is 28.8 Å². The Morgan fingerprint density at radius 2 is 1.95 bits per heavy atom. The Morgan fingerprint density at radius 3 is 2.42 bits per heavy atom. The van der Waals surface area contributed by atoms with E-state index in [1.165, 1.54) is 0 Å². The Labute approximate surface area is 115 Å². The Morgan fingerprint density at radius 1 is 1.37 bits per heavy atom. The average Bonchev–Trinajstić information content (AvgIpc) is 2.26. The first-order chi connectivity index (χ1) is 8.66. The topological polar surface area (TPSA) is 55.6 Å². The number of aryl methyl sites for hydroxylation is 2. The van der Waals surface area contributed by atoms with E-state index < -0.39 is 5.54 Å². The first-order valence-corrected chi connectivity index (χ1v) is 6.35. The molecule has 2 N–H and O–H groups in total. The fourth-order valence-corrected chi connectivity index (χ4v) is 2.27. The van der Waals surface area contributed by atoms with E-state index in [0.29, 0.717) is 6.54 Å². The summed E-state index contributed by atoms with van der Waals surface area (Å²) in [4.78, 5) is 13.7. The first-order valence-electron chi connectivity index (χ1n) is 6.35. The summed E-state index contributed by atoms with van der Waals surface area (Å²) in [5.74, 6) is 0.744. The minimum atomic E-state index is -0.860. The molecule has 0 atom stereocenters. The number of carbonyl (C=O) groups excluding carboxylic acids is 1. The number of nitrogens with two attached hydrogens (primary N) is 1. The smallest absolute Gasteiger partial charge is 0.242 e. The van der Waals surface area contributed by atoms with Gasteiger partial charge < -0.3 is 15.4 Å². The largest absolute Gasteiger partial charge is 0.496 e. The molecule has 0 aliphatic rings. The van der Waals surface area contributed by atoms with Gasteiger partial charge in [0.25, 0.3) is 0 Å². The van der Waals surface area contributed by atoms with Gasteiger partial charge in [0.05, 0.1) is 12.6 Å². The SMILES string of the molecule is COc1c(C)cc(C)cc1CN(C)C(=O)C(C)(C)N. The number of rotatable bonds is 4. The van der Waals surface area contributed by atoms with Gasteiger partial charge in [-0.15, -0.1) is 0 Å². The zero-order chi connectivity index (χ0) is 14.8. The van der Waals surface area contributed by atoms with E-state index >= 15 is 0 Å². The summed E-state index contributed by atoms with van der Waals surface area (Å²) in [6.07, 6.45) is 0. The van der Waals surface area contributed by atoms with Gasteiger partial charge in [-0.3, -0.25) is 4.79 Å². The van der Waals surface area contributed by atoms with Crippen LogP contribution in [0.1, 0.15) is 30.5 Å². The van der Waals surface area contributed by atoms with Crippen molar-refractivity contribution >= 4 is 5.91 Å². The van der Waals surface area contributed by atoms with E-state index in [-0.39, 0.29) is 5.91 Å². The molecular weight excluding hydrogens is 240 g/mol. The fraction of sp³-hybridized carbons (Fsp3) is 0.533. The van der Waals surface area contributed by atoms with E-state index in [1.54, 1.807) is 32.9 Å². The molecule has 19 heavy (non-hydrogen) atoms. The summed E-state index contributed by atoms with van der Waals surface area (Å²) < 4.78 is 5.43. The van der Waals surface area contributed by atoms with Crippen molar-refractivity contribution in [2.75, 3.05) is 14.2 Å². The molecule has 0 bridgehead atoms. The molecule has 1 aromatic rings. The van der Waals surface area contributed by atoms with Crippen molar-refractivity contribution in [1.82, 2.24) is 4.90 Å². The lowest BCUT2D eigenvalue weighted by Gasteiger charge is -2.27. The number of benzene rings is 1. The van der Waals surface area contributed by atoms with Crippen molar-refractivity contribution in [2.45, 2.75) is 39.8 Å².